The van der Waals surface area contributed by atoms with Gasteiger partial charge in [-0.25, -0.2) is 0 Å². The summed E-state index contributed by atoms with van der Waals surface area (Å²) in [6.45, 7) is 2.58. The van der Waals surface area contributed by atoms with Gasteiger partial charge in [0, 0.05) is 21.3 Å². The first-order chi connectivity index (χ1) is 22.2. The normalized spacial score (nSPS) is 36.5. The zero-order valence-corrected chi connectivity index (χ0v) is 28.2. The average Bonchev–Trinajstić information content (AvgIpc) is 3.63. The van der Waals surface area contributed by atoms with Gasteiger partial charge in [0.1, 0.15) is 0 Å². The molecule has 0 radical (unpaired) electrons. The van der Waals surface area contributed by atoms with Crippen molar-refractivity contribution in [2.24, 2.45) is 17.8 Å². The van der Waals surface area contributed by atoms with Crippen molar-refractivity contribution in [1.29, 1.82) is 0 Å². The summed E-state index contributed by atoms with van der Waals surface area (Å²) >= 11 is 4.48. The van der Waals surface area contributed by atoms with Gasteiger partial charge in [0.25, 0.3) is 0 Å². The smallest absolute Gasteiger partial charge is 0.0692 e. The summed E-state index contributed by atoms with van der Waals surface area (Å²) in [5, 5.41) is 1.57. The van der Waals surface area contributed by atoms with Gasteiger partial charge in [0.05, 0.1) is 5.41 Å². The van der Waals surface area contributed by atoms with E-state index in [2.05, 4.69) is 103 Å². The molecule has 6 atom stereocenters. The SMILES string of the molecule is C/C(=C1/CCCC2C1SC1CCC=CC12)C1CC=CC2=C1c1c(ccc3c1CCC=C3)C21C2=C(CCC=C2)SC2=C1CCC=C2. The molecule has 0 amide bonds. The summed E-state index contributed by atoms with van der Waals surface area (Å²) in [5.41, 5.74) is 16.5. The first kappa shape index (κ1) is 27.7. The zero-order chi connectivity index (χ0) is 29.7. The Morgan fingerprint density at radius 2 is 1.69 bits per heavy atom. The van der Waals surface area contributed by atoms with Crippen LogP contribution in [-0.4, -0.2) is 10.5 Å². The molecule has 7 aliphatic carbocycles. The van der Waals surface area contributed by atoms with E-state index in [0.717, 1.165) is 41.6 Å². The number of allylic oxidation sites excluding steroid dienone is 15. The molecule has 0 nitrogen and oxygen atoms in total. The Balaban J connectivity index is 1.22. The minimum Gasteiger partial charge on any atom is -0.150 e. The van der Waals surface area contributed by atoms with E-state index < -0.39 is 0 Å². The average molecular weight is 625 g/mol. The highest BCUT2D eigenvalue weighted by Gasteiger charge is 2.55. The summed E-state index contributed by atoms with van der Waals surface area (Å²) in [4.78, 5) is 3.17. The van der Waals surface area contributed by atoms with E-state index in [1.807, 2.05) is 5.57 Å². The van der Waals surface area contributed by atoms with Crippen molar-refractivity contribution >= 4 is 35.2 Å². The number of hydrogen-bond acceptors (Lipinski definition) is 2. The summed E-state index contributed by atoms with van der Waals surface area (Å²) in [5.74, 6) is 2.14. The second-order valence-corrected chi connectivity index (χ2v) is 17.4. The molecule has 2 aliphatic heterocycles. The monoisotopic (exact) mass is 624 g/mol. The minimum absolute atomic E-state index is 0.129. The van der Waals surface area contributed by atoms with Crippen molar-refractivity contribution < 1.29 is 0 Å². The van der Waals surface area contributed by atoms with Crippen LogP contribution in [0.3, 0.4) is 0 Å². The molecule has 0 aromatic heterocycles. The molecule has 0 bridgehead atoms. The first-order valence-corrected chi connectivity index (χ1v) is 19.8. The summed E-state index contributed by atoms with van der Waals surface area (Å²) in [7, 11) is 0. The number of rotatable bonds is 1. The number of thioether (sulfide) groups is 2. The largest absolute Gasteiger partial charge is 0.150 e. The van der Waals surface area contributed by atoms with Gasteiger partial charge in [-0.1, -0.05) is 95.8 Å². The topological polar surface area (TPSA) is 0 Å². The maximum Gasteiger partial charge on any atom is 0.0692 e. The van der Waals surface area contributed by atoms with Crippen molar-refractivity contribution in [3.8, 4) is 0 Å². The van der Waals surface area contributed by atoms with Crippen molar-refractivity contribution in [1.82, 2.24) is 0 Å². The van der Waals surface area contributed by atoms with E-state index in [0.29, 0.717) is 5.92 Å². The van der Waals surface area contributed by atoms with E-state index in [1.54, 1.807) is 54.4 Å². The quantitative estimate of drug-likeness (QED) is 0.285. The Hall–Kier alpha value is -2.42. The van der Waals surface area contributed by atoms with Gasteiger partial charge < -0.3 is 0 Å². The van der Waals surface area contributed by atoms with Crippen LogP contribution in [0.1, 0.15) is 99.8 Å². The van der Waals surface area contributed by atoms with Crippen LogP contribution in [0, 0.1) is 17.8 Å². The number of fused-ring (bicyclic) bond motifs is 11. The molecule has 228 valence electrons. The van der Waals surface area contributed by atoms with Gasteiger partial charge in [-0.05, 0) is 145 Å². The van der Waals surface area contributed by atoms with Gasteiger partial charge in [-0.15, -0.1) is 11.8 Å². The molecule has 1 spiro atoms. The van der Waals surface area contributed by atoms with Crippen LogP contribution in [-0.2, 0) is 11.8 Å². The standard InChI is InChI=1S/C43H44S2/c1-26(29-16-10-17-32-31-14-4-7-21-37(31)45-42(29)32)28-15-11-20-35-40(28)41-30-13-3-2-12-27(30)24-25-36(41)43(35)33-18-5-8-22-38(33)44-39-23-9-6-19-34(39)43/h2,4-5,9,11-12,14,18,20,23-25,28,31-32,37,42H,3,6-8,10,13,15-17,19,21-22H2,1H3/b29-26+. The second-order valence-electron chi connectivity index (χ2n) is 14.9. The molecule has 45 heavy (non-hydrogen) atoms. The Kier molecular flexibility index (Phi) is 6.48. The van der Waals surface area contributed by atoms with Crippen LogP contribution < -0.4 is 0 Å². The highest BCUT2D eigenvalue weighted by atomic mass is 32.2. The van der Waals surface area contributed by atoms with Crippen molar-refractivity contribution in [3.05, 3.63) is 127 Å². The molecule has 2 heterocycles. The van der Waals surface area contributed by atoms with Gasteiger partial charge in [-0.3, -0.25) is 0 Å². The lowest BCUT2D eigenvalue weighted by molar-refractivity contribution is 0.339. The molecule has 1 aromatic carbocycles. The van der Waals surface area contributed by atoms with Crippen molar-refractivity contribution in [2.45, 2.75) is 99.9 Å². The third kappa shape index (κ3) is 3.82. The highest BCUT2D eigenvalue weighted by Crippen LogP contribution is 2.67. The Bertz CT molecular complexity index is 1800. The Morgan fingerprint density at radius 3 is 2.67 bits per heavy atom. The van der Waals surface area contributed by atoms with Crippen molar-refractivity contribution in [3.63, 3.8) is 0 Å². The fourth-order valence-electron chi connectivity index (χ4n) is 11.0. The van der Waals surface area contributed by atoms with Crippen LogP contribution in [0.2, 0.25) is 0 Å². The summed E-state index contributed by atoms with van der Waals surface area (Å²) in [6, 6.07) is 5.07. The molecule has 1 saturated carbocycles. The zero-order valence-electron chi connectivity index (χ0n) is 26.6. The molecule has 9 aliphatic rings. The van der Waals surface area contributed by atoms with Crippen LogP contribution in [0.5, 0.6) is 0 Å². The molecule has 1 aromatic rings. The Morgan fingerprint density at radius 1 is 0.822 bits per heavy atom. The van der Waals surface area contributed by atoms with Gasteiger partial charge in [-0.2, -0.15) is 0 Å². The number of hydrogen-bond donors (Lipinski definition) is 0. The first-order valence-electron chi connectivity index (χ1n) is 18.0. The van der Waals surface area contributed by atoms with Gasteiger partial charge in [0.15, 0.2) is 0 Å². The molecular weight excluding hydrogens is 581 g/mol. The van der Waals surface area contributed by atoms with E-state index >= 15 is 0 Å². The summed E-state index contributed by atoms with van der Waals surface area (Å²) < 4.78 is 0. The third-order valence-electron chi connectivity index (χ3n) is 12.9. The highest BCUT2D eigenvalue weighted by molar-refractivity contribution is 8.07. The molecule has 0 N–H and O–H groups in total. The lowest BCUT2D eigenvalue weighted by Crippen LogP contribution is -2.35. The second kappa shape index (κ2) is 10.5. The lowest BCUT2D eigenvalue weighted by Gasteiger charge is -2.45. The van der Waals surface area contributed by atoms with Gasteiger partial charge >= 0.3 is 0 Å². The maximum atomic E-state index is 2.62. The van der Waals surface area contributed by atoms with Crippen LogP contribution >= 0.6 is 23.5 Å². The van der Waals surface area contributed by atoms with E-state index in [4.69, 9.17) is 0 Å². The van der Waals surface area contributed by atoms with Crippen molar-refractivity contribution in [2.75, 3.05) is 0 Å². The minimum atomic E-state index is -0.129. The van der Waals surface area contributed by atoms with E-state index in [9.17, 15) is 0 Å². The van der Waals surface area contributed by atoms with Crippen LogP contribution in [0.15, 0.2) is 104 Å². The molecule has 10 rings (SSSR count). The lowest BCUT2D eigenvalue weighted by atomic mass is 9.62. The fourth-order valence-corrected chi connectivity index (χ4v) is 14.5. The predicted molar refractivity (Wildman–Crippen MR) is 195 cm³/mol. The molecule has 1 saturated heterocycles. The van der Waals surface area contributed by atoms with Crippen LogP contribution in [0.25, 0.3) is 11.6 Å². The number of benzene rings is 1. The summed E-state index contributed by atoms with van der Waals surface area (Å²) in [6.07, 6.45) is 40.1. The predicted octanol–water partition coefficient (Wildman–Crippen LogP) is 11.7. The maximum absolute atomic E-state index is 2.62. The van der Waals surface area contributed by atoms with Gasteiger partial charge in [0.2, 0.25) is 0 Å². The fraction of sp³-hybridized carbons (Fsp3) is 0.442. The van der Waals surface area contributed by atoms with E-state index in [1.165, 1.54) is 63.4 Å². The van der Waals surface area contributed by atoms with E-state index in [-0.39, 0.29) is 5.41 Å². The molecule has 6 unspecified atom stereocenters. The third-order valence-corrected chi connectivity index (χ3v) is 16.0. The van der Waals surface area contributed by atoms with Crippen LogP contribution in [0.4, 0.5) is 0 Å². The molecular formula is C43H44S2. The molecule has 2 fully saturated rings. The molecule has 2 heteroatoms. The Labute approximate surface area is 278 Å².